The molecule has 1 saturated heterocycles. The van der Waals surface area contributed by atoms with Crippen LogP contribution in [0, 0.1) is 5.92 Å². The van der Waals surface area contributed by atoms with Gasteiger partial charge in [-0.2, -0.15) is 0 Å². The number of nitrogens with zero attached hydrogens (tertiary/aromatic N) is 1. The molecule has 0 aliphatic carbocycles. The van der Waals surface area contributed by atoms with E-state index in [1.165, 1.54) is 0 Å². The van der Waals surface area contributed by atoms with Crippen LogP contribution in [0.2, 0.25) is 0 Å². The first kappa shape index (κ1) is 21.5. The molecular weight excluding hydrogens is 300 g/mol. The Morgan fingerprint density at radius 1 is 1.26 bits per heavy atom. The van der Waals surface area contributed by atoms with Crippen LogP contribution in [-0.4, -0.2) is 63.1 Å². The summed E-state index contributed by atoms with van der Waals surface area (Å²) in [7, 11) is 1.55. The van der Waals surface area contributed by atoms with Crippen molar-refractivity contribution in [2.24, 2.45) is 5.92 Å². The SMILES string of the molecule is CC.COCCOC(=O)NCC1CCCN(C(=O)OC(C)C)C1. The molecule has 23 heavy (non-hydrogen) atoms. The van der Waals surface area contributed by atoms with Crippen molar-refractivity contribution in [1.29, 1.82) is 0 Å². The summed E-state index contributed by atoms with van der Waals surface area (Å²) in [4.78, 5) is 25.0. The van der Waals surface area contributed by atoms with E-state index in [9.17, 15) is 9.59 Å². The maximum atomic E-state index is 11.8. The van der Waals surface area contributed by atoms with E-state index < -0.39 is 6.09 Å². The van der Waals surface area contributed by atoms with Gasteiger partial charge in [0.2, 0.25) is 0 Å². The van der Waals surface area contributed by atoms with Gasteiger partial charge in [0.05, 0.1) is 12.7 Å². The lowest BCUT2D eigenvalue weighted by atomic mass is 9.98. The average Bonchev–Trinajstić information content (AvgIpc) is 2.55. The van der Waals surface area contributed by atoms with E-state index in [4.69, 9.17) is 14.2 Å². The second-order valence-electron chi connectivity index (χ2n) is 5.40. The molecule has 0 saturated carbocycles. The molecule has 1 aliphatic heterocycles. The molecule has 7 heteroatoms. The highest BCUT2D eigenvalue weighted by Gasteiger charge is 2.25. The van der Waals surface area contributed by atoms with E-state index in [-0.39, 0.29) is 24.7 Å². The maximum absolute atomic E-state index is 11.8. The van der Waals surface area contributed by atoms with Gasteiger partial charge in [-0.25, -0.2) is 9.59 Å². The van der Waals surface area contributed by atoms with Gasteiger partial charge in [0.15, 0.2) is 0 Å². The lowest BCUT2D eigenvalue weighted by Gasteiger charge is -2.32. The Morgan fingerprint density at radius 3 is 2.57 bits per heavy atom. The normalized spacial score (nSPS) is 17.1. The smallest absolute Gasteiger partial charge is 0.410 e. The molecule has 1 fully saturated rings. The summed E-state index contributed by atoms with van der Waals surface area (Å²) < 4.78 is 14.9. The summed E-state index contributed by atoms with van der Waals surface area (Å²) in [5.41, 5.74) is 0. The highest BCUT2D eigenvalue weighted by molar-refractivity contribution is 5.68. The molecular formula is C16H32N2O5. The van der Waals surface area contributed by atoms with Crippen LogP contribution in [0.25, 0.3) is 0 Å². The number of ether oxygens (including phenoxy) is 3. The molecule has 0 spiro atoms. The Labute approximate surface area is 139 Å². The molecule has 0 aromatic rings. The summed E-state index contributed by atoms with van der Waals surface area (Å²) in [5.74, 6) is 0.230. The Balaban J connectivity index is 0.00000232. The van der Waals surface area contributed by atoms with Crippen LogP contribution in [0.15, 0.2) is 0 Å². The first-order valence-corrected chi connectivity index (χ1v) is 8.38. The van der Waals surface area contributed by atoms with Crippen molar-refractivity contribution >= 4 is 12.2 Å². The molecule has 0 radical (unpaired) electrons. The Bertz CT molecular complexity index is 336. The second-order valence-corrected chi connectivity index (χ2v) is 5.40. The van der Waals surface area contributed by atoms with Crippen LogP contribution in [0.1, 0.15) is 40.5 Å². The van der Waals surface area contributed by atoms with Crippen molar-refractivity contribution in [3.8, 4) is 0 Å². The number of methoxy groups -OCH3 is 1. The van der Waals surface area contributed by atoms with Crippen molar-refractivity contribution in [3.05, 3.63) is 0 Å². The number of likely N-dealkylation sites (tertiary alicyclic amines) is 1. The van der Waals surface area contributed by atoms with E-state index in [2.05, 4.69) is 5.32 Å². The fourth-order valence-corrected chi connectivity index (χ4v) is 2.17. The van der Waals surface area contributed by atoms with Gasteiger partial charge in [-0.15, -0.1) is 0 Å². The van der Waals surface area contributed by atoms with E-state index >= 15 is 0 Å². The first-order valence-electron chi connectivity index (χ1n) is 8.38. The third kappa shape index (κ3) is 9.99. The highest BCUT2D eigenvalue weighted by atomic mass is 16.6. The van der Waals surface area contributed by atoms with Crippen LogP contribution in [0.5, 0.6) is 0 Å². The molecule has 1 rings (SSSR count). The summed E-state index contributed by atoms with van der Waals surface area (Å²) in [5, 5.41) is 2.72. The highest BCUT2D eigenvalue weighted by Crippen LogP contribution is 2.17. The summed E-state index contributed by atoms with van der Waals surface area (Å²) in [6.45, 7) is 10.1. The fourth-order valence-electron chi connectivity index (χ4n) is 2.17. The third-order valence-electron chi connectivity index (χ3n) is 3.17. The monoisotopic (exact) mass is 332 g/mol. The third-order valence-corrected chi connectivity index (χ3v) is 3.17. The minimum atomic E-state index is -0.450. The molecule has 0 aromatic heterocycles. The minimum absolute atomic E-state index is 0.119. The molecule has 0 bridgehead atoms. The Morgan fingerprint density at radius 2 is 1.96 bits per heavy atom. The van der Waals surface area contributed by atoms with Crippen molar-refractivity contribution in [2.45, 2.75) is 46.6 Å². The number of alkyl carbamates (subject to hydrolysis) is 1. The first-order chi connectivity index (χ1) is 11.0. The number of nitrogens with one attached hydrogen (secondary N) is 1. The predicted octanol–water partition coefficient (Wildman–Crippen LogP) is 2.64. The van der Waals surface area contributed by atoms with E-state index in [0.29, 0.717) is 26.2 Å². The largest absolute Gasteiger partial charge is 0.447 e. The molecule has 0 aromatic carbocycles. The zero-order valence-electron chi connectivity index (χ0n) is 15.1. The van der Waals surface area contributed by atoms with E-state index in [1.807, 2.05) is 27.7 Å². The number of piperidine rings is 1. The molecule has 7 nitrogen and oxygen atoms in total. The minimum Gasteiger partial charge on any atom is -0.447 e. The van der Waals surface area contributed by atoms with Gasteiger partial charge in [-0.1, -0.05) is 13.8 Å². The van der Waals surface area contributed by atoms with Crippen molar-refractivity contribution in [3.63, 3.8) is 0 Å². The molecule has 136 valence electrons. The summed E-state index contributed by atoms with van der Waals surface area (Å²) in [6.07, 6.45) is 1.04. The van der Waals surface area contributed by atoms with Gasteiger partial charge < -0.3 is 24.4 Å². The summed E-state index contributed by atoms with van der Waals surface area (Å²) >= 11 is 0. The van der Waals surface area contributed by atoms with Gasteiger partial charge in [0, 0.05) is 26.7 Å². The topological polar surface area (TPSA) is 77.1 Å². The fraction of sp³-hybridized carbons (Fsp3) is 0.875. The summed E-state index contributed by atoms with van der Waals surface area (Å²) in [6, 6.07) is 0. The number of rotatable bonds is 6. The average molecular weight is 332 g/mol. The Hall–Kier alpha value is -1.50. The lowest BCUT2D eigenvalue weighted by molar-refractivity contribution is 0.0619. The zero-order chi connectivity index (χ0) is 17.7. The number of carbonyl (C=O) groups is 2. The van der Waals surface area contributed by atoms with Crippen molar-refractivity contribution in [1.82, 2.24) is 10.2 Å². The van der Waals surface area contributed by atoms with Gasteiger partial charge in [0.25, 0.3) is 0 Å². The van der Waals surface area contributed by atoms with Gasteiger partial charge in [0.1, 0.15) is 6.61 Å². The number of hydrogen-bond acceptors (Lipinski definition) is 5. The maximum Gasteiger partial charge on any atom is 0.410 e. The van der Waals surface area contributed by atoms with E-state index in [1.54, 1.807) is 12.0 Å². The number of amides is 2. The van der Waals surface area contributed by atoms with Crippen LogP contribution in [0.4, 0.5) is 9.59 Å². The standard InChI is InChI=1S/C14H26N2O5.C2H6/c1-11(2)21-14(18)16-6-4-5-12(10-16)9-15-13(17)20-8-7-19-3;1-2/h11-12H,4-10H2,1-3H3,(H,15,17);1-2H3. The van der Waals surface area contributed by atoms with Gasteiger partial charge in [-0.05, 0) is 32.6 Å². The van der Waals surface area contributed by atoms with Crippen LogP contribution >= 0.6 is 0 Å². The number of hydrogen-bond donors (Lipinski definition) is 1. The lowest BCUT2D eigenvalue weighted by Crippen LogP contribution is -2.44. The molecule has 1 unspecified atom stereocenters. The van der Waals surface area contributed by atoms with Crippen LogP contribution in [0.3, 0.4) is 0 Å². The molecule has 1 aliphatic rings. The van der Waals surface area contributed by atoms with E-state index in [0.717, 1.165) is 12.8 Å². The molecule has 1 N–H and O–H groups in total. The second kappa shape index (κ2) is 13.0. The zero-order valence-corrected chi connectivity index (χ0v) is 15.1. The number of carbonyl (C=O) groups excluding carboxylic acids is 2. The van der Waals surface area contributed by atoms with Crippen LogP contribution in [-0.2, 0) is 14.2 Å². The predicted molar refractivity (Wildman–Crippen MR) is 88.5 cm³/mol. The van der Waals surface area contributed by atoms with Gasteiger partial charge in [-0.3, -0.25) is 0 Å². The van der Waals surface area contributed by atoms with Crippen molar-refractivity contribution in [2.75, 3.05) is 40.0 Å². The van der Waals surface area contributed by atoms with Gasteiger partial charge >= 0.3 is 12.2 Å². The molecule has 1 heterocycles. The Kier molecular flexibility index (Phi) is 12.1. The molecule has 2 amide bonds. The quantitative estimate of drug-likeness (QED) is 0.757. The molecule has 1 atom stereocenters. The van der Waals surface area contributed by atoms with Crippen molar-refractivity contribution < 1.29 is 23.8 Å². The van der Waals surface area contributed by atoms with Crippen LogP contribution < -0.4 is 5.32 Å².